The molecule has 1 N–H and O–H groups in total. The minimum absolute atomic E-state index is 0.0136. The molecule has 3 amide bonds. The number of nitrogens with one attached hydrogen (secondary N) is 1. The number of nitrogens with zero attached hydrogens (tertiary/aromatic N) is 5. The third-order valence-corrected chi connectivity index (χ3v) is 10.4. The molecule has 0 bridgehead atoms. The number of amides is 3. The van der Waals surface area contributed by atoms with Gasteiger partial charge in [-0.15, -0.1) is 10.2 Å². The highest BCUT2D eigenvalue weighted by atomic mass is 19.4. The lowest BCUT2D eigenvalue weighted by atomic mass is 9.89. The molecule has 8 nitrogen and oxygen atoms in total. The van der Waals surface area contributed by atoms with Crippen LogP contribution in [0.3, 0.4) is 0 Å². The van der Waals surface area contributed by atoms with Crippen molar-refractivity contribution in [2.45, 2.75) is 87.4 Å². The van der Waals surface area contributed by atoms with E-state index in [0.717, 1.165) is 23.7 Å². The molecule has 1 aromatic heterocycles. The van der Waals surface area contributed by atoms with Gasteiger partial charge in [-0.2, -0.15) is 13.2 Å². The van der Waals surface area contributed by atoms with Gasteiger partial charge < -0.3 is 19.7 Å². The van der Waals surface area contributed by atoms with E-state index in [1.54, 1.807) is 4.90 Å². The molecule has 3 aliphatic heterocycles. The number of rotatable bonds is 5. The second kappa shape index (κ2) is 11.6. The van der Waals surface area contributed by atoms with Crippen molar-refractivity contribution >= 4 is 17.6 Å². The van der Waals surface area contributed by atoms with E-state index in [1.807, 2.05) is 29.2 Å². The molecule has 1 saturated heterocycles. The SMILES string of the molecule is O=C(CC1CC[C@H](c2cccc(F)c2F)Cn2c1nnc2C1(C(F)(F)F)CC1)N1CCC(N2CCc3ccccc3NC2=O)CC1. The van der Waals surface area contributed by atoms with Gasteiger partial charge in [0.05, 0.1) is 0 Å². The predicted octanol–water partition coefficient (Wildman–Crippen LogP) is 6.28. The Labute approximate surface area is 263 Å². The van der Waals surface area contributed by atoms with Gasteiger partial charge in [-0.3, -0.25) is 4.79 Å². The summed E-state index contributed by atoms with van der Waals surface area (Å²) in [6.45, 7) is 1.43. The number of urea groups is 1. The molecule has 1 saturated carbocycles. The molecule has 2 fully saturated rings. The van der Waals surface area contributed by atoms with Gasteiger partial charge in [0.25, 0.3) is 0 Å². The van der Waals surface area contributed by atoms with Crippen LogP contribution in [0.1, 0.15) is 79.6 Å². The Kier molecular flexibility index (Phi) is 7.75. The molecule has 4 aliphatic rings. The lowest BCUT2D eigenvalue weighted by Crippen LogP contribution is -2.50. The topological polar surface area (TPSA) is 83.4 Å². The Bertz CT molecular complexity index is 1650. The van der Waals surface area contributed by atoms with Crippen LogP contribution in [0.4, 0.5) is 32.4 Å². The first-order valence-corrected chi connectivity index (χ1v) is 15.9. The number of para-hydroxylation sites is 1. The van der Waals surface area contributed by atoms with E-state index in [4.69, 9.17) is 0 Å². The van der Waals surface area contributed by atoms with Crippen molar-refractivity contribution < 1.29 is 31.5 Å². The van der Waals surface area contributed by atoms with Crippen molar-refractivity contribution in [2.75, 3.05) is 25.0 Å². The van der Waals surface area contributed by atoms with E-state index >= 15 is 0 Å². The number of alkyl halides is 3. The van der Waals surface area contributed by atoms with Gasteiger partial charge in [-0.1, -0.05) is 30.3 Å². The summed E-state index contributed by atoms with van der Waals surface area (Å²) < 4.78 is 73.2. The molecule has 2 atom stereocenters. The van der Waals surface area contributed by atoms with Crippen LogP contribution in [0.15, 0.2) is 42.5 Å². The Balaban J connectivity index is 1.07. The van der Waals surface area contributed by atoms with Crippen LogP contribution in [-0.4, -0.2) is 68.4 Å². The third-order valence-electron chi connectivity index (χ3n) is 10.4. The second-order valence-electron chi connectivity index (χ2n) is 13.0. The highest BCUT2D eigenvalue weighted by Gasteiger charge is 2.67. The molecular weight excluding hydrogens is 607 g/mol. The first kappa shape index (κ1) is 30.6. The van der Waals surface area contributed by atoms with Crippen LogP contribution in [0.5, 0.6) is 0 Å². The molecule has 4 heterocycles. The van der Waals surface area contributed by atoms with Crippen LogP contribution < -0.4 is 5.32 Å². The normalized spacial score (nSPS) is 23.2. The van der Waals surface area contributed by atoms with E-state index in [-0.39, 0.29) is 61.0 Å². The van der Waals surface area contributed by atoms with E-state index in [9.17, 15) is 31.5 Å². The standard InChI is InChI=1S/C33H35F5N6O2/c34-25-6-3-5-24(28(25)35)22-9-8-21(29-40-41-30(44(29)19-22)32(13-14-32)33(36,37)38)18-27(45)42-15-11-23(12-16-42)43-17-10-20-4-1-2-7-26(20)39-31(43)46/h1-7,21-23H,8-19H2,(H,39,46)/t21?,22-/m0/s1. The monoisotopic (exact) mass is 642 g/mol. The lowest BCUT2D eigenvalue weighted by molar-refractivity contribution is -0.163. The highest BCUT2D eigenvalue weighted by molar-refractivity contribution is 5.91. The van der Waals surface area contributed by atoms with Gasteiger partial charge >= 0.3 is 12.2 Å². The molecule has 1 unspecified atom stereocenters. The molecular formula is C33H35F5N6O2. The number of carbonyl (C=O) groups is 2. The van der Waals surface area contributed by atoms with Gasteiger partial charge in [0.15, 0.2) is 11.6 Å². The molecule has 46 heavy (non-hydrogen) atoms. The van der Waals surface area contributed by atoms with E-state index < -0.39 is 35.1 Å². The zero-order chi connectivity index (χ0) is 32.2. The molecule has 2 aromatic carbocycles. The van der Waals surface area contributed by atoms with Crippen LogP contribution in [0, 0.1) is 11.6 Å². The fraction of sp³-hybridized carbons (Fsp3) is 0.515. The van der Waals surface area contributed by atoms with Crippen molar-refractivity contribution in [3.05, 3.63) is 76.9 Å². The fourth-order valence-corrected chi connectivity index (χ4v) is 7.54. The Morgan fingerprint density at radius 2 is 1.72 bits per heavy atom. The summed E-state index contributed by atoms with van der Waals surface area (Å²) in [6.07, 6.45) is -2.12. The molecule has 0 spiro atoms. The zero-order valence-corrected chi connectivity index (χ0v) is 25.2. The number of benzene rings is 2. The number of piperidine rings is 1. The van der Waals surface area contributed by atoms with Crippen LogP contribution >= 0.6 is 0 Å². The lowest BCUT2D eigenvalue weighted by Gasteiger charge is -2.38. The largest absolute Gasteiger partial charge is 0.401 e. The van der Waals surface area contributed by atoms with Gasteiger partial charge in [-0.05, 0) is 68.2 Å². The number of aromatic nitrogens is 3. The minimum Gasteiger partial charge on any atom is -0.343 e. The number of halogens is 5. The molecule has 13 heteroatoms. The first-order chi connectivity index (χ1) is 22.1. The summed E-state index contributed by atoms with van der Waals surface area (Å²) in [5, 5.41) is 11.2. The Morgan fingerprint density at radius 1 is 0.957 bits per heavy atom. The van der Waals surface area contributed by atoms with Gasteiger partial charge in [0, 0.05) is 56.2 Å². The van der Waals surface area contributed by atoms with E-state index in [1.165, 1.54) is 16.7 Å². The molecule has 1 aliphatic carbocycles. The van der Waals surface area contributed by atoms with Crippen molar-refractivity contribution in [1.82, 2.24) is 24.6 Å². The number of carbonyl (C=O) groups excluding carboxylic acids is 2. The predicted molar refractivity (Wildman–Crippen MR) is 158 cm³/mol. The maximum atomic E-state index is 14.9. The third kappa shape index (κ3) is 5.41. The summed E-state index contributed by atoms with van der Waals surface area (Å²) in [5.41, 5.74) is -0.134. The fourth-order valence-electron chi connectivity index (χ4n) is 7.54. The number of hydrogen-bond donors (Lipinski definition) is 1. The van der Waals surface area contributed by atoms with Gasteiger partial charge in [-0.25, -0.2) is 13.6 Å². The maximum Gasteiger partial charge on any atom is 0.401 e. The smallest absolute Gasteiger partial charge is 0.343 e. The van der Waals surface area contributed by atoms with Gasteiger partial charge in [0.1, 0.15) is 17.1 Å². The number of likely N-dealkylation sites (tertiary alicyclic amines) is 1. The van der Waals surface area contributed by atoms with E-state index in [2.05, 4.69) is 15.5 Å². The van der Waals surface area contributed by atoms with Crippen molar-refractivity contribution in [3.63, 3.8) is 0 Å². The molecule has 244 valence electrons. The van der Waals surface area contributed by atoms with Crippen LogP contribution in [0.2, 0.25) is 0 Å². The first-order valence-electron chi connectivity index (χ1n) is 15.9. The van der Waals surface area contributed by atoms with Crippen molar-refractivity contribution in [2.24, 2.45) is 0 Å². The summed E-state index contributed by atoms with van der Waals surface area (Å²) >= 11 is 0. The van der Waals surface area contributed by atoms with Crippen LogP contribution in [0.25, 0.3) is 0 Å². The van der Waals surface area contributed by atoms with Gasteiger partial charge in [0.2, 0.25) is 5.91 Å². The van der Waals surface area contributed by atoms with Crippen LogP contribution in [-0.2, 0) is 23.2 Å². The minimum atomic E-state index is -4.54. The summed E-state index contributed by atoms with van der Waals surface area (Å²) in [6, 6.07) is 11.4. The number of hydrogen-bond acceptors (Lipinski definition) is 4. The summed E-state index contributed by atoms with van der Waals surface area (Å²) in [4.78, 5) is 30.3. The summed E-state index contributed by atoms with van der Waals surface area (Å²) in [7, 11) is 0. The maximum absolute atomic E-state index is 14.9. The molecule has 3 aromatic rings. The zero-order valence-electron chi connectivity index (χ0n) is 25.2. The summed E-state index contributed by atoms with van der Waals surface area (Å²) in [5.74, 6) is -3.26. The average Bonchev–Trinajstić information content (AvgIpc) is 3.81. The highest BCUT2D eigenvalue weighted by Crippen LogP contribution is 2.59. The van der Waals surface area contributed by atoms with E-state index in [0.29, 0.717) is 45.3 Å². The Hall–Kier alpha value is -4.03. The second-order valence-corrected chi connectivity index (χ2v) is 13.0. The quantitative estimate of drug-likeness (QED) is 0.332. The average molecular weight is 643 g/mol. The molecule has 0 radical (unpaired) electrons. The number of fused-ring (bicyclic) bond motifs is 2. The van der Waals surface area contributed by atoms with Crippen molar-refractivity contribution in [3.8, 4) is 0 Å². The Morgan fingerprint density at radius 3 is 2.46 bits per heavy atom. The number of anilines is 1. The van der Waals surface area contributed by atoms with Crippen molar-refractivity contribution in [1.29, 1.82) is 0 Å². The molecule has 7 rings (SSSR count).